The van der Waals surface area contributed by atoms with Crippen molar-refractivity contribution in [2.45, 2.75) is 12.8 Å². The van der Waals surface area contributed by atoms with Crippen LogP contribution < -0.4 is 9.04 Å². The maximum absolute atomic E-state index is 12.6. The lowest BCUT2D eigenvalue weighted by Crippen LogP contribution is -2.48. The van der Waals surface area contributed by atoms with E-state index in [0.29, 0.717) is 18.7 Å². The monoisotopic (exact) mass is 469 g/mol. The Morgan fingerprint density at radius 3 is 2.27 bits per heavy atom. The summed E-state index contributed by atoms with van der Waals surface area (Å²) in [6.07, 6.45) is 5.04. The Bertz CT molecular complexity index is 1070. The molecule has 0 bridgehead atoms. The number of piperazine rings is 1. The van der Waals surface area contributed by atoms with Crippen molar-refractivity contribution in [1.29, 1.82) is 0 Å². The first kappa shape index (κ1) is 23.3. The van der Waals surface area contributed by atoms with Crippen LogP contribution in [0, 0.1) is 0 Å². The molecule has 7 nitrogen and oxygen atoms in total. The lowest BCUT2D eigenvalue weighted by molar-refractivity contribution is -0.127. The highest BCUT2D eigenvalue weighted by atomic mass is 32.2. The summed E-state index contributed by atoms with van der Waals surface area (Å²) in [6, 6.07) is 15.5. The number of hydrogen-bond donors (Lipinski definition) is 0. The Balaban J connectivity index is 1.23. The van der Waals surface area contributed by atoms with Gasteiger partial charge in [0.15, 0.2) is 0 Å². The fraction of sp³-hybridized carbons (Fsp3) is 0.400. The largest absolute Gasteiger partial charge is 0.497 e. The Morgan fingerprint density at radius 2 is 1.67 bits per heavy atom. The minimum absolute atomic E-state index is 0.0102. The molecule has 0 unspecified atom stereocenters. The second-order valence-electron chi connectivity index (χ2n) is 8.43. The fourth-order valence-electron chi connectivity index (χ4n) is 4.23. The maximum Gasteiger partial charge on any atom is 0.246 e. The Hall–Kier alpha value is -2.84. The minimum Gasteiger partial charge on any atom is -0.497 e. The van der Waals surface area contributed by atoms with Crippen molar-refractivity contribution in [3.05, 3.63) is 65.7 Å². The molecule has 2 aromatic carbocycles. The maximum atomic E-state index is 12.6. The third-order valence-corrected chi connectivity index (χ3v) is 8.13. The molecule has 2 fully saturated rings. The average molecular weight is 470 g/mol. The molecule has 2 heterocycles. The van der Waals surface area contributed by atoms with Gasteiger partial charge in [-0.2, -0.15) is 0 Å². The van der Waals surface area contributed by atoms with Gasteiger partial charge in [0.25, 0.3) is 0 Å². The predicted octanol–water partition coefficient (Wildman–Crippen LogP) is 2.64. The number of methoxy groups -OCH3 is 1. The Kier molecular flexibility index (Phi) is 7.35. The van der Waals surface area contributed by atoms with Crippen LogP contribution in [0.2, 0.25) is 0 Å². The quantitative estimate of drug-likeness (QED) is 0.583. The van der Waals surface area contributed by atoms with E-state index in [1.54, 1.807) is 31.4 Å². The number of rotatable bonds is 7. The van der Waals surface area contributed by atoms with Gasteiger partial charge in [0.1, 0.15) is 5.75 Å². The number of amides is 1. The molecule has 0 atom stereocenters. The zero-order chi connectivity index (χ0) is 23.3. The van der Waals surface area contributed by atoms with E-state index in [0.717, 1.165) is 50.5 Å². The van der Waals surface area contributed by atoms with Crippen molar-refractivity contribution >= 4 is 27.7 Å². The summed E-state index contributed by atoms with van der Waals surface area (Å²) in [6.45, 7) is 4.68. The molecular weight excluding hydrogens is 438 g/mol. The molecule has 33 heavy (non-hydrogen) atoms. The van der Waals surface area contributed by atoms with Crippen LogP contribution in [0.15, 0.2) is 54.6 Å². The highest BCUT2D eigenvalue weighted by Gasteiger charge is 2.28. The second-order valence-corrected chi connectivity index (χ2v) is 10.4. The van der Waals surface area contributed by atoms with Crippen molar-refractivity contribution in [3.8, 4) is 5.75 Å². The van der Waals surface area contributed by atoms with E-state index >= 15 is 0 Å². The third-order valence-electron chi connectivity index (χ3n) is 6.26. The first-order valence-electron chi connectivity index (χ1n) is 11.4. The summed E-state index contributed by atoms with van der Waals surface area (Å²) in [7, 11) is -1.50. The first-order chi connectivity index (χ1) is 15.9. The van der Waals surface area contributed by atoms with Crippen LogP contribution in [0.5, 0.6) is 5.75 Å². The van der Waals surface area contributed by atoms with Crippen LogP contribution in [0.1, 0.15) is 17.5 Å². The number of nitrogens with zero attached hydrogens (tertiary/aromatic N) is 3. The lowest BCUT2D eigenvalue weighted by atomic mass is 10.1. The van der Waals surface area contributed by atoms with Crippen LogP contribution in [-0.4, -0.2) is 76.3 Å². The van der Waals surface area contributed by atoms with Gasteiger partial charge in [-0.25, -0.2) is 8.42 Å². The van der Waals surface area contributed by atoms with E-state index in [-0.39, 0.29) is 11.7 Å². The van der Waals surface area contributed by atoms with Gasteiger partial charge in [-0.05, 0) is 54.3 Å². The van der Waals surface area contributed by atoms with Gasteiger partial charge in [0, 0.05) is 45.3 Å². The van der Waals surface area contributed by atoms with Crippen molar-refractivity contribution in [2.24, 2.45) is 0 Å². The summed E-state index contributed by atoms with van der Waals surface area (Å²) in [4.78, 5) is 16.9. The number of anilines is 1. The number of benzene rings is 2. The number of carbonyl (C=O) groups excluding carboxylic acids is 1. The molecule has 1 amide bonds. The van der Waals surface area contributed by atoms with Crippen LogP contribution in [0.4, 0.5) is 5.69 Å². The normalized spacial score (nSPS) is 18.7. The molecule has 0 radical (unpaired) electrons. The molecule has 8 heteroatoms. The summed E-state index contributed by atoms with van der Waals surface area (Å²) in [5.74, 6) is 1.09. The molecule has 176 valence electrons. The predicted molar refractivity (Wildman–Crippen MR) is 131 cm³/mol. The van der Waals surface area contributed by atoms with Crippen LogP contribution in [0.25, 0.3) is 6.08 Å². The highest BCUT2D eigenvalue weighted by molar-refractivity contribution is 7.93. The summed E-state index contributed by atoms with van der Waals surface area (Å²) in [5.41, 5.74) is 2.84. The molecule has 0 aliphatic carbocycles. The SMILES string of the molecule is COc1ccc(CCN2CCN(C(=O)/C=C/c3ccc(N4CCCS4(=O)=O)cc3)CC2)cc1. The van der Waals surface area contributed by atoms with E-state index in [1.807, 2.05) is 29.2 Å². The second kappa shape index (κ2) is 10.4. The molecule has 2 aliphatic heterocycles. The van der Waals surface area contributed by atoms with Gasteiger partial charge < -0.3 is 9.64 Å². The molecule has 2 aromatic rings. The molecule has 0 spiro atoms. The molecule has 0 aromatic heterocycles. The van der Waals surface area contributed by atoms with Gasteiger partial charge in [-0.15, -0.1) is 0 Å². The average Bonchev–Trinajstić information content (AvgIpc) is 3.21. The van der Waals surface area contributed by atoms with Gasteiger partial charge in [0.05, 0.1) is 18.6 Å². The van der Waals surface area contributed by atoms with E-state index < -0.39 is 10.0 Å². The molecule has 4 rings (SSSR count). The fourth-order valence-corrected chi connectivity index (χ4v) is 5.79. The van der Waals surface area contributed by atoms with E-state index in [1.165, 1.54) is 9.87 Å². The highest BCUT2D eigenvalue weighted by Crippen LogP contribution is 2.24. The number of ether oxygens (including phenoxy) is 1. The number of hydrogen-bond acceptors (Lipinski definition) is 5. The Morgan fingerprint density at radius 1 is 0.970 bits per heavy atom. The molecule has 0 saturated carbocycles. The van der Waals surface area contributed by atoms with Crippen molar-refractivity contribution in [1.82, 2.24) is 9.80 Å². The van der Waals surface area contributed by atoms with Gasteiger partial charge in [-0.3, -0.25) is 14.0 Å². The zero-order valence-electron chi connectivity index (χ0n) is 19.0. The van der Waals surface area contributed by atoms with Crippen LogP contribution >= 0.6 is 0 Å². The topological polar surface area (TPSA) is 70.2 Å². The minimum atomic E-state index is -3.18. The smallest absolute Gasteiger partial charge is 0.246 e. The van der Waals surface area contributed by atoms with Gasteiger partial charge >= 0.3 is 0 Å². The number of sulfonamides is 1. The van der Waals surface area contributed by atoms with Crippen molar-refractivity contribution in [3.63, 3.8) is 0 Å². The number of carbonyl (C=O) groups is 1. The molecule has 0 N–H and O–H groups in total. The third kappa shape index (κ3) is 5.94. The summed E-state index contributed by atoms with van der Waals surface area (Å²) >= 11 is 0. The van der Waals surface area contributed by atoms with Gasteiger partial charge in [0.2, 0.25) is 15.9 Å². The zero-order valence-corrected chi connectivity index (χ0v) is 19.8. The van der Waals surface area contributed by atoms with Gasteiger partial charge in [-0.1, -0.05) is 24.3 Å². The van der Waals surface area contributed by atoms with Crippen LogP contribution in [-0.2, 0) is 21.2 Å². The van der Waals surface area contributed by atoms with Crippen LogP contribution in [0.3, 0.4) is 0 Å². The van der Waals surface area contributed by atoms with E-state index in [4.69, 9.17) is 4.74 Å². The molecule has 2 aliphatic rings. The van der Waals surface area contributed by atoms with Crippen molar-refractivity contribution in [2.75, 3.05) is 56.4 Å². The molecule has 2 saturated heterocycles. The van der Waals surface area contributed by atoms with E-state index in [9.17, 15) is 13.2 Å². The van der Waals surface area contributed by atoms with Crippen molar-refractivity contribution < 1.29 is 17.9 Å². The molecular formula is C25H31N3O4S. The lowest BCUT2D eigenvalue weighted by Gasteiger charge is -2.34. The van der Waals surface area contributed by atoms with E-state index in [2.05, 4.69) is 17.0 Å². The first-order valence-corrected chi connectivity index (χ1v) is 13.0. The summed E-state index contributed by atoms with van der Waals surface area (Å²) < 4.78 is 30.8. The Labute approximate surface area is 196 Å². The summed E-state index contributed by atoms with van der Waals surface area (Å²) in [5, 5.41) is 0. The standard InChI is InChI=1S/C25H31N3O4S/c1-32-24-10-5-22(6-11-24)13-15-26-16-18-27(19-17-26)25(29)12-7-21-3-8-23(9-4-21)28-14-2-20-33(28,30)31/h3-12H,2,13-20H2,1H3/b12-7+.